The van der Waals surface area contributed by atoms with Crippen molar-refractivity contribution >= 4 is 35.8 Å². The number of halogens is 1. The molecule has 1 atom stereocenters. The number of hydrogen-bond acceptors (Lipinski definition) is 3. The van der Waals surface area contributed by atoms with Crippen molar-refractivity contribution in [2.45, 2.75) is 39.8 Å². The summed E-state index contributed by atoms with van der Waals surface area (Å²) >= 11 is 0. The highest BCUT2D eigenvalue weighted by molar-refractivity contribution is 14.0. The number of nitrogens with zero attached hydrogens (tertiary/aromatic N) is 2. The average molecular weight is 550 g/mol. The molecule has 1 amide bonds. The van der Waals surface area contributed by atoms with Crippen LogP contribution >= 0.6 is 24.0 Å². The smallest absolute Gasteiger partial charge is 0.251 e. The van der Waals surface area contributed by atoms with E-state index < -0.39 is 0 Å². The van der Waals surface area contributed by atoms with Crippen LogP contribution in [0.4, 0.5) is 0 Å². The molecule has 0 aliphatic carbocycles. The standard InChI is InChI=1S/C25H34N4O2.HI/c1-5-11-27-24(30)21-8-6-7-20(15-21)16-28-25(26-4)29-12-13-31-23(17-29)22-10-9-18(2)14-19(22)3;/h6-10,14-15,23H,5,11-13,16-17H2,1-4H3,(H,26,28)(H,27,30);1H. The minimum Gasteiger partial charge on any atom is -0.370 e. The monoisotopic (exact) mass is 550 g/mol. The summed E-state index contributed by atoms with van der Waals surface area (Å²) < 4.78 is 6.08. The fraction of sp³-hybridized carbons (Fsp3) is 0.440. The van der Waals surface area contributed by atoms with E-state index in [4.69, 9.17) is 4.74 Å². The van der Waals surface area contributed by atoms with E-state index >= 15 is 0 Å². The van der Waals surface area contributed by atoms with Crippen LogP contribution < -0.4 is 10.6 Å². The first-order chi connectivity index (χ1) is 15.0. The van der Waals surface area contributed by atoms with Gasteiger partial charge in [0.1, 0.15) is 6.10 Å². The predicted molar refractivity (Wildman–Crippen MR) is 141 cm³/mol. The third-order valence-electron chi connectivity index (χ3n) is 5.53. The number of benzene rings is 2. The van der Waals surface area contributed by atoms with E-state index in [1.165, 1.54) is 16.7 Å². The second kappa shape index (κ2) is 12.8. The molecule has 1 unspecified atom stereocenters. The van der Waals surface area contributed by atoms with Crippen molar-refractivity contribution in [3.63, 3.8) is 0 Å². The Bertz CT molecular complexity index is 932. The predicted octanol–water partition coefficient (Wildman–Crippen LogP) is 4.21. The van der Waals surface area contributed by atoms with Crippen LogP contribution in [-0.4, -0.2) is 50.1 Å². The SMILES string of the molecule is CCCNC(=O)c1cccc(CNC(=NC)N2CCOC(c3ccc(C)cc3C)C2)c1.I. The highest BCUT2D eigenvalue weighted by Gasteiger charge is 2.25. The van der Waals surface area contributed by atoms with Crippen molar-refractivity contribution in [1.29, 1.82) is 0 Å². The molecule has 1 aliphatic heterocycles. The van der Waals surface area contributed by atoms with Crippen LogP contribution in [-0.2, 0) is 11.3 Å². The molecule has 1 saturated heterocycles. The first kappa shape index (κ1) is 26.1. The fourth-order valence-electron chi connectivity index (χ4n) is 3.89. The Morgan fingerprint density at radius 2 is 2.00 bits per heavy atom. The first-order valence-electron chi connectivity index (χ1n) is 11.0. The summed E-state index contributed by atoms with van der Waals surface area (Å²) in [5.74, 6) is 0.816. The van der Waals surface area contributed by atoms with Crippen molar-refractivity contribution in [1.82, 2.24) is 15.5 Å². The van der Waals surface area contributed by atoms with Gasteiger partial charge in [0.15, 0.2) is 5.96 Å². The number of amides is 1. The number of morpholine rings is 1. The molecular weight excluding hydrogens is 515 g/mol. The molecule has 0 bridgehead atoms. The Hall–Kier alpha value is -2.13. The van der Waals surface area contributed by atoms with Crippen LogP contribution in [0.5, 0.6) is 0 Å². The van der Waals surface area contributed by atoms with Gasteiger partial charge in [-0.15, -0.1) is 24.0 Å². The molecule has 174 valence electrons. The molecule has 2 aromatic carbocycles. The van der Waals surface area contributed by atoms with Crippen LogP contribution in [0.25, 0.3) is 0 Å². The van der Waals surface area contributed by atoms with Gasteiger partial charge in [-0.25, -0.2) is 0 Å². The second-order valence-electron chi connectivity index (χ2n) is 8.02. The van der Waals surface area contributed by atoms with E-state index in [1.807, 2.05) is 31.2 Å². The van der Waals surface area contributed by atoms with Crippen LogP contribution in [0.1, 0.15) is 52.1 Å². The average Bonchev–Trinajstić information content (AvgIpc) is 2.78. The largest absolute Gasteiger partial charge is 0.370 e. The van der Waals surface area contributed by atoms with Crippen LogP contribution in [0, 0.1) is 13.8 Å². The third-order valence-corrected chi connectivity index (χ3v) is 5.53. The lowest BCUT2D eigenvalue weighted by Crippen LogP contribution is -2.48. The van der Waals surface area contributed by atoms with Gasteiger partial charge in [-0.2, -0.15) is 0 Å². The fourth-order valence-corrected chi connectivity index (χ4v) is 3.89. The maximum Gasteiger partial charge on any atom is 0.251 e. The minimum absolute atomic E-state index is 0. The quantitative estimate of drug-likeness (QED) is 0.322. The Labute approximate surface area is 208 Å². The normalized spacial score (nSPS) is 16.3. The van der Waals surface area contributed by atoms with Crippen molar-refractivity contribution in [2.75, 3.05) is 33.3 Å². The molecule has 6 nitrogen and oxygen atoms in total. The number of ether oxygens (including phenoxy) is 1. The molecular formula is C25H35IN4O2. The van der Waals surface area contributed by atoms with Crippen LogP contribution in [0.3, 0.4) is 0 Å². The summed E-state index contributed by atoms with van der Waals surface area (Å²) in [6.45, 7) is 9.79. The van der Waals surface area contributed by atoms with E-state index in [9.17, 15) is 4.79 Å². The minimum atomic E-state index is -0.0300. The maximum atomic E-state index is 12.2. The molecule has 7 heteroatoms. The van der Waals surface area contributed by atoms with Gasteiger partial charge in [-0.1, -0.05) is 42.8 Å². The van der Waals surface area contributed by atoms with E-state index in [-0.39, 0.29) is 36.0 Å². The highest BCUT2D eigenvalue weighted by atomic mass is 127. The molecule has 0 radical (unpaired) electrons. The van der Waals surface area contributed by atoms with Crippen molar-refractivity contribution in [3.8, 4) is 0 Å². The summed E-state index contributed by atoms with van der Waals surface area (Å²) in [6, 6.07) is 14.2. The Morgan fingerprint density at radius 3 is 2.72 bits per heavy atom. The molecule has 0 aromatic heterocycles. The summed E-state index contributed by atoms with van der Waals surface area (Å²) in [7, 11) is 1.80. The number of carbonyl (C=O) groups is 1. The summed E-state index contributed by atoms with van der Waals surface area (Å²) in [6.07, 6.45) is 0.949. The topological polar surface area (TPSA) is 66.0 Å². The summed E-state index contributed by atoms with van der Waals surface area (Å²) in [4.78, 5) is 19.0. The number of aryl methyl sites for hydroxylation is 2. The molecule has 1 fully saturated rings. The second-order valence-corrected chi connectivity index (χ2v) is 8.02. The van der Waals surface area contributed by atoms with E-state index in [2.05, 4.69) is 52.6 Å². The zero-order valence-corrected chi connectivity index (χ0v) is 21.8. The van der Waals surface area contributed by atoms with Crippen LogP contribution in [0.2, 0.25) is 0 Å². The van der Waals surface area contributed by atoms with Gasteiger partial charge in [0.2, 0.25) is 0 Å². The van der Waals surface area contributed by atoms with Gasteiger partial charge in [0, 0.05) is 32.2 Å². The lowest BCUT2D eigenvalue weighted by atomic mass is 10.00. The van der Waals surface area contributed by atoms with Gasteiger partial charge in [-0.3, -0.25) is 9.79 Å². The number of rotatable bonds is 6. The van der Waals surface area contributed by atoms with Crippen LogP contribution in [0.15, 0.2) is 47.5 Å². The zero-order valence-electron chi connectivity index (χ0n) is 19.5. The molecule has 32 heavy (non-hydrogen) atoms. The molecule has 3 rings (SSSR count). The van der Waals surface area contributed by atoms with Crippen molar-refractivity contribution in [2.24, 2.45) is 4.99 Å². The third kappa shape index (κ3) is 6.93. The van der Waals surface area contributed by atoms with Crippen molar-refractivity contribution in [3.05, 3.63) is 70.3 Å². The molecule has 0 saturated carbocycles. The number of aliphatic imine (C=N–C) groups is 1. The maximum absolute atomic E-state index is 12.2. The molecule has 1 aliphatic rings. The molecule has 2 aromatic rings. The first-order valence-corrected chi connectivity index (χ1v) is 11.0. The van der Waals surface area contributed by atoms with Gasteiger partial charge >= 0.3 is 0 Å². The van der Waals surface area contributed by atoms with E-state index in [0.717, 1.165) is 31.0 Å². The summed E-state index contributed by atoms with van der Waals surface area (Å²) in [5, 5.41) is 6.38. The zero-order chi connectivity index (χ0) is 22.2. The van der Waals surface area contributed by atoms with Gasteiger partial charge in [-0.05, 0) is 49.1 Å². The Balaban J connectivity index is 0.00000363. The van der Waals surface area contributed by atoms with Gasteiger partial charge < -0.3 is 20.3 Å². The number of guanidine groups is 1. The summed E-state index contributed by atoms with van der Waals surface area (Å²) in [5.41, 5.74) is 5.48. The molecule has 2 N–H and O–H groups in total. The number of carbonyl (C=O) groups excluding carboxylic acids is 1. The van der Waals surface area contributed by atoms with Crippen molar-refractivity contribution < 1.29 is 9.53 Å². The van der Waals surface area contributed by atoms with E-state index in [1.54, 1.807) is 7.05 Å². The Morgan fingerprint density at radius 1 is 1.19 bits per heavy atom. The highest BCUT2D eigenvalue weighted by Crippen LogP contribution is 2.26. The van der Waals surface area contributed by atoms with E-state index in [0.29, 0.717) is 25.3 Å². The number of hydrogen-bond donors (Lipinski definition) is 2. The van der Waals surface area contributed by atoms with Gasteiger partial charge in [0.05, 0.1) is 13.2 Å². The molecule has 1 heterocycles. The lowest BCUT2D eigenvalue weighted by molar-refractivity contribution is -0.00834. The Kier molecular flexibility index (Phi) is 10.4. The lowest BCUT2D eigenvalue weighted by Gasteiger charge is -2.36. The molecule has 0 spiro atoms. The number of nitrogens with one attached hydrogen (secondary N) is 2. The van der Waals surface area contributed by atoms with Gasteiger partial charge in [0.25, 0.3) is 5.91 Å².